The second-order valence-electron chi connectivity index (χ2n) is 7.31. The highest BCUT2D eigenvalue weighted by molar-refractivity contribution is 5.94. The number of hydrogen-bond donors (Lipinski definition) is 0. The van der Waals surface area contributed by atoms with Crippen molar-refractivity contribution in [2.45, 2.75) is 45.6 Å². The molecule has 0 spiro atoms. The van der Waals surface area contributed by atoms with Crippen LogP contribution in [0, 0.1) is 13.8 Å². The molecule has 0 N–H and O–H groups in total. The minimum atomic E-state index is -0.260. The van der Waals surface area contributed by atoms with Crippen LogP contribution in [0.2, 0.25) is 0 Å². The van der Waals surface area contributed by atoms with Crippen LogP contribution in [0.4, 0.5) is 0 Å². The molecule has 2 heterocycles. The monoisotopic (exact) mass is 351 g/mol. The molecular formula is C21H25N3O2. The molecule has 1 aromatic heterocycles. The summed E-state index contributed by atoms with van der Waals surface area (Å²) >= 11 is 0. The summed E-state index contributed by atoms with van der Waals surface area (Å²) in [6, 6.07) is 8.15. The highest BCUT2D eigenvalue weighted by atomic mass is 16.5. The van der Waals surface area contributed by atoms with Gasteiger partial charge in [-0.1, -0.05) is 6.07 Å². The van der Waals surface area contributed by atoms with E-state index in [9.17, 15) is 4.79 Å². The van der Waals surface area contributed by atoms with E-state index in [1.165, 1.54) is 24.0 Å². The first kappa shape index (κ1) is 17.2. The number of amides is 1. The Bertz CT molecular complexity index is 814. The number of rotatable bonds is 2. The fourth-order valence-electron chi connectivity index (χ4n) is 3.94. The van der Waals surface area contributed by atoms with Gasteiger partial charge in [-0.25, -0.2) is 9.97 Å². The number of morpholine rings is 1. The quantitative estimate of drug-likeness (QED) is 0.834. The van der Waals surface area contributed by atoms with Gasteiger partial charge in [0.15, 0.2) is 5.82 Å². The van der Waals surface area contributed by atoms with Crippen molar-refractivity contribution in [2.24, 2.45) is 0 Å². The topological polar surface area (TPSA) is 55.3 Å². The van der Waals surface area contributed by atoms with Crippen molar-refractivity contribution >= 4 is 5.91 Å². The van der Waals surface area contributed by atoms with Crippen LogP contribution in [0.5, 0.6) is 0 Å². The normalized spacial score (nSPS) is 19.9. The van der Waals surface area contributed by atoms with E-state index in [1.807, 2.05) is 30.9 Å². The number of carbonyl (C=O) groups excluding carboxylic acids is 1. The Morgan fingerprint density at radius 3 is 2.58 bits per heavy atom. The minimum absolute atomic E-state index is 0.0797. The third-order valence-electron chi connectivity index (χ3n) is 5.24. The van der Waals surface area contributed by atoms with Crippen molar-refractivity contribution < 1.29 is 9.53 Å². The number of benzene rings is 1. The molecule has 1 aliphatic carbocycles. The zero-order valence-corrected chi connectivity index (χ0v) is 15.5. The molecule has 1 fully saturated rings. The summed E-state index contributed by atoms with van der Waals surface area (Å²) in [7, 11) is 0. The Labute approximate surface area is 154 Å². The first-order valence-corrected chi connectivity index (χ1v) is 9.45. The first-order chi connectivity index (χ1) is 12.6. The second kappa shape index (κ2) is 7.16. The number of ether oxygens (including phenoxy) is 1. The zero-order chi connectivity index (χ0) is 18.1. The SMILES string of the molecule is Cc1cc(C)nc(C2CN(C(=O)c3ccc4c(c3)CCCC4)CCO2)n1. The van der Waals surface area contributed by atoms with E-state index in [1.54, 1.807) is 0 Å². The van der Waals surface area contributed by atoms with E-state index in [-0.39, 0.29) is 12.0 Å². The Hall–Kier alpha value is -2.27. The van der Waals surface area contributed by atoms with Gasteiger partial charge in [0.2, 0.25) is 0 Å². The Morgan fingerprint density at radius 1 is 1.08 bits per heavy atom. The Morgan fingerprint density at radius 2 is 1.81 bits per heavy atom. The van der Waals surface area contributed by atoms with Gasteiger partial charge in [-0.15, -0.1) is 0 Å². The predicted octanol–water partition coefficient (Wildman–Crippen LogP) is 3.19. The maximum absolute atomic E-state index is 13.0. The van der Waals surface area contributed by atoms with Crippen molar-refractivity contribution in [1.82, 2.24) is 14.9 Å². The third-order valence-corrected chi connectivity index (χ3v) is 5.24. The summed E-state index contributed by atoms with van der Waals surface area (Å²) in [5.74, 6) is 0.751. The highest BCUT2D eigenvalue weighted by Gasteiger charge is 2.28. The van der Waals surface area contributed by atoms with Gasteiger partial charge in [-0.2, -0.15) is 0 Å². The van der Waals surface area contributed by atoms with Gasteiger partial charge in [-0.3, -0.25) is 4.79 Å². The molecule has 4 rings (SSSR count). The van der Waals surface area contributed by atoms with Crippen LogP contribution in [0.25, 0.3) is 0 Å². The number of nitrogens with zero attached hydrogens (tertiary/aromatic N) is 3. The van der Waals surface area contributed by atoms with Crippen molar-refractivity contribution in [3.05, 3.63) is 58.2 Å². The van der Waals surface area contributed by atoms with Crippen LogP contribution in [-0.2, 0) is 17.6 Å². The summed E-state index contributed by atoms with van der Waals surface area (Å²) < 4.78 is 5.86. The molecule has 0 radical (unpaired) electrons. The van der Waals surface area contributed by atoms with Crippen LogP contribution in [0.15, 0.2) is 24.3 Å². The Kier molecular flexibility index (Phi) is 4.72. The molecule has 1 amide bonds. The molecule has 2 aliphatic rings. The molecule has 2 aromatic rings. The molecule has 136 valence electrons. The van der Waals surface area contributed by atoms with Gasteiger partial charge in [0.25, 0.3) is 5.91 Å². The molecule has 26 heavy (non-hydrogen) atoms. The van der Waals surface area contributed by atoms with Crippen LogP contribution >= 0.6 is 0 Å². The maximum atomic E-state index is 13.0. The lowest BCUT2D eigenvalue weighted by atomic mass is 9.90. The van der Waals surface area contributed by atoms with Crippen molar-refractivity contribution in [3.8, 4) is 0 Å². The predicted molar refractivity (Wildman–Crippen MR) is 99.2 cm³/mol. The molecule has 1 atom stereocenters. The van der Waals surface area contributed by atoms with Crippen molar-refractivity contribution in [2.75, 3.05) is 19.7 Å². The summed E-state index contributed by atoms with van der Waals surface area (Å²) in [5, 5.41) is 0. The average molecular weight is 351 g/mol. The van der Waals surface area contributed by atoms with Crippen LogP contribution in [0.1, 0.15) is 57.6 Å². The van der Waals surface area contributed by atoms with Gasteiger partial charge < -0.3 is 9.64 Å². The summed E-state index contributed by atoms with van der Waals surface area (Å²) in [6.45, 7) is 5.53. The van der Waals surface area contributed by atoms with Gasteiger partial charge in [0, 0.05) is 23.5 Å². The van der Waals surface area contributed by atoms with Crippen molar-refractivity contribution in [1.29, 1.82) is 0 Å². The standard InChI is InChI=1S/C21H25N3O2/c1-14-11-15(2)23-20(22-14)19-13-24(9-10-26-19)21(25)18-8-7-16-5-3-4-6-17(16)12-18/h7-8,11-12,19H,3-6,9-10,13H2,1-2H3. The molecule has 0 bridgehead atoms. The largest absolute Gasteiger partial charge is 0.367 e. The zero-order valence-electron chi connectivity index (χ0n) is 15.5. The Balaban J connectivity index is 1.53. The summed E-state index contributed by atoms with van der Waals surface area (Å²) in [6.07, 6.45) is 4.42. The van der Waals surface area contributed by atoms with E-state index < -0.39 is 0 Å². The maximum Gasteiger partial charge on any atom is 0.254 e. The smallest absolute Gasteiger partial charge is 0.254 e. The van der Waals surface area contributed by atoms with Crippen LogP contribution < -0.4 is 0 Å². The molecule has 1 aliphatic heterocycles. The molecule has 0 saturated carbocycles. The van der Waals surface area contributed by atoms with E-state index in [4.69, 9.17) is 4.74 Å². The third kappa shape index (κ3) is 3.49. The van der Waals surface area contributed by atoms with E-state index in [2.05, 4.69) is 22.1 Å². The molecular weight excluding hydrogens is 326 g/mol. The number of aryl methyl sites for hydroxylation is 4. The number of aromatic nitrogens is 2. The molecule has 5 heteroatoms. The lowest BCUT2D eigenvalue weighted by molar-refractivity contribution is -0.0269. The molecule has 1 unspecified atom stereocenters. The summed E-state index contributed by atoms with van der Waals surface area (Å²) in [4.78, 5) is 23.9. The van der Waals surface area contributed by atoms with Gasteiger partial charge in [-0.05, 0) is 68.9 Å². The van der Waals surface area contributed by atoms with Gasteiger partial charge in [0.1, 0.15) is 6.10 Å². The number of carbonyl (C=O) groups is 1. The number of fused-ring (bicyclic) bond motifs is 1. The molecule has 1 saturated heterocycles. The lowest BCUT2D eigenvalue weighted by Gasteiger charge is -2.32. The summed E-state index contributed by atoms with van der Waals surface area (Å²) in [5.41, 5.74) is 5.37. The van der Waals surface area contributed by atoms with E-state index >= 15 is 0 Å². The molecule has 1 aromatic carbocycles. The van der Waals surface area contributed by atoms with E-state index in [0.29, 0.717) is 25.5 Å². The fourth-order valence-corrected chi connectivity index (χ4v) is 3.94. The van der Waals surface area contributed by atoms with Crippen molar-refractivity contribution in [3.63, 3.8) is 0 Å². The number of hydrogen-bond acceptors (Lipinski definition) is 4. The van der Waals surface area contributed by atoms with E-state index in [0.717, 1.165) is 29.8 Å². The van der Waals surface area contributed by atoms with Gasteiger partial charge in [0.05, 0.1) is 13.2 Å². The fraction of sp³-hybridized carbons (Fsp3) is 0.476. The van der Waals surface area contributed by atoms with Gasteiger partial charge >= 0.3 is 0 Å². The first-order valence-electron chi connectivity index (χ1n) is 9.45. The molecule has 5 nitrogen and oxygen atoms in total. The lowest BCUT2D eigenvalue weighted by Crippen LogP contribution is -2.42. The average Bonchev–Trinajstić information content (AvgIpc) is 2.66. The van der Waals surface area contributed by atoms with Crippen LogP contribution in [-0.4, -0.2) is 40.5 Å². The second-order valence-corrected chi connectivity index (χ2v) is 7.31. The highest BCUT2D eigenvalue weighted by Crippen LogP contribution is 2.25. The minimum Gasteiger partial charge on any atom is -0.367 e. The van der Waals surface area contributed by atoms with Crippen LogP contribution in [0.3, 0.4) is 0 Å².